The van der Waals surface area contributed by atoms with Crippen molar-refractivity contribution in [3.05, 3.63) is 41.2 Å². The summed E-state index contributed by atoms with van der Waals surface area (Å²) < 4.78 is 2.00. The molecule has 3 rings (SSSR count). The highest BCUT2D eigenvalue weighted by atomic mass is 32.2. The summed E-state index contributed by atoms with van der Waals surface area (Å²) in [4.78, 5) is 23.7. The molecule has 3 N–H and O–H groups in total. The van der Waals surface area contributed by atoms with Gasteiger partial charge in [-0.2, -0.15) is 0 Å². The van der Waals surface area contributed by atoms with E-state index in [4.69, 9.17) is 5.73 Å². The lowest BCUT2D eigenvalue weighted by atomic mass is 9.88. The molecule has 1 heterocycles. The van der Waals surface area contributed by atoms with Gasteiger partial charge in [-0.3, -0.25) is 9.59 Å². The molecule has 0 saturated heterocycles. The lowest BCUT2D eigenvalue weighted by Gasteiger charge is -2.26. The summed E-state index contributed by atoms with van der Waals surface area (Å²) in [5.41, 5.74) is 7.82. The van der Waals surface area contributed by atoms with Crippen molar-refractivity contribution in [1.82, 2.24) is 20.1 Å². The van der Waals surface area contributed by atoms with E-state index in [0.29, 0.717) is 17.5 Å². The van der Waals surface area contributed by atoms with Gasteiger partial charge in [0.05, 0.1) is 11.8 Å². The Morgan fingerprint density at radius 1 is 1.31 bits per heavy atom. The van der Waals surface area contributed by atoms with Crippen molar-refractivity contribution in [1.29, 1.82) is 0 Å². The van der Waals surface area contributed by atoms with Crippen molar-refractivity contribution in [2.75, 3.05) is 5.75 Å². The summed E-state index contributed by atoms with van der Waals surface area (Å²) in [5, 5.41) is 12.3. The second kappa shape index (κ2) is 9.91. The van der Waals surface area contributed by atoms with Crippen LogP contribution in [0.2, 0.25) is 0 Å². The van der Waals surface area contributed by atoms with Gasteiger partial charge in [-0.1, -0.05) is 49.9 Å². The van der Waals surface area contributed by atoms with Crippen LogP contribution in [0.3, 0.4) is 0 Å². The maximum atomic E-state index is 12.6. The largest absolute Gasteiger partial charge is 0.370 e. The number of nitrogens with one attached hydrogen (secondary N) is 1. The molecule has 2 amide bonds. The minimum absolute atomic E-state index is 0.00511. The number of benzene rings is 1. The summed E-state index contributed by atoms with van der Waals surface area (Å²) in [6.07, 6.45) is 3.82. The maximum absolute atomic E-state index is 12.6. The summed E-state index contributed by atoms with van der Waals surface area (Å²) in [7, 11) is 0. The van der Waals surface area contributed by atoms with Gasteiger partial charge >= 0.3 is 0 Å². The van der Waals surface area contributed by atoms with Crippen LogP contribution in [0.25, 0.3) is 0 Å². The molecule has 0 fully saturated rings. The van der Waals surface area contributed by atoms with Crippen LogP contribution in [-0.4, -0.2) is 32.3 Å². The lowest BCUT2D eigenvalue weighted by molar-refractivity contribution is -0.119. The van der Waals surface area contributed by atoms with E-state index in [1.807, 2.05) is 10.6 Å². The number of primary amides is 1. The molecule has 0 saturated carbocycles. The van der Waals surface area contributed by atoms with Crippen molar-refractivity contribution in [2.45, 2.75) is 63.7 Å². The second-order valence-corrected chi connectivity index (χ2v) is 8.81. The van der Waals surface area contributed by atoms with E-state index in [1.165, 1.54) is 22.9 Å². The van der Waals surface area contributed by atoms with Gasteiger partial charge in [0.25, 0.3) is 0 Å². The third-order valence-electron chi connectivity index (χ3n) is 4.97. The van der Waals surface area contributed by atoms with E-state index in [2.05, 4.69) is 47.6 Å². The number of fused-ring (bicyclic) bond motifs is 1. The molecule has 7 nitrogen and oxygen atoms in total. The fraction of sp³-hybridized carbons (Fsp3) is 0.524. The number of amides is 2. The lowest BCUT2D eigenvalue weighted by Crippen LogP contribution is -2.32. The van der Waals surface area contributed by atoms with Crippen LogP contribution in [0.1, 0.15) is 56.1 Å². The van der Waals surface area contributed by atoms with Crippen molar-refractivity contribution in [3.8, 4) is 0 Å². The Hall–Kier alpha value is -2.35. The average molecular weight is 416 g/mol. The van der Waals surface area contributed by atoms with Gasteiger partial charge in [0.2, 0.25) is 11.8 Å². The zero-order chi connectivity index (χ0) is 20.8. The van der Waals surface area contributed by atoms with Crippen LogP contribution >= 0.6 is 11.8 Å². The molecule has 156 valence electrons. The predicted octanol–water partition coefficient (Wildman–Crippen LogP) is 2.64. The van der Waals surface area contributed by atoms with Crippen molar-refractivity contribution < 1.29 is 9.59 Å². The molecule has 1 aliphatic carbocycles. The monoisotopic (exact) mass is 415 g/mol. The van der Waals surface area contributed by atoms with Crippen molar-refractivity contribution in [3.63, 3.8) is 0 Å². The molecule has 0 aliphatic heterocycles. The fourth-order valence-corrected chi connectivity index (χ4v) is 4.44. The Balaban J connectivity index is 1.62. The summed E-state index contributed by atoms with van der Waals surface area (Å²) >= 11 is 1.38. The Morgan fingerprint density at radius 2 is 2.10 bits per heavy atom. The van der Waals surface area contributed by atoms with Gasteiger partial charge in [-0.25, -0.2) is 0 Å². The molecule has 1 aromatic heterocycles. The maximum Gasteiger partial charge on any atom is 0.230 e. The fourth-order valence-electron chi connectivity index (χ4n) is 3.66. The molecular weight excluding hydrogens is 386 g/mol. The number of carbonyl (C=O) groups excluding carboxylic acids is 2. The normalized spacial score (nSPS) is 15.9. The first-order valence-corrected chi connectivity index (χ1v) is 11.1. The number of thioether (sulfide) groups is 1. The molecule has 0 radical (unpaired) electrons. The Kier molecular flexibility index (Phi) is 7.30. The molecular formula is C21H29N5O2S. The second-order valence-electron chi connectivity index (χ2n) is 7.87. The number of rotatable bonds is 9. The number of aryl methyl sites for hydroxylation is 2. The topological polar surface area (TPSA) is 103 Å². The first-order valence-electron chi connectivity index (χ1n) is 10.1. The number of hydrogen-bond acceptors (Lipinski definition) is 5. The highest BCUT2D eigenvalue weighted by molar-refractivity contribution is 7.99. The molecule has 0 unspecified atom stereocenters. The van der Waals surface area contributed by atoms with Gasteiger partial charge in [-0.05, 0) is 36.3 Å². The zero-order valence-corrected chi connectivity index (χ0v) is 17.9. The van der Waals surface area contributed by atoms with Gasteiger partial charge in [-0.15, -0.1) is 10.2 Å². The number of carbonyl (C=O) groups is 2. The van der Waals surface area contributed by atoms with Crippen LogP contribution in [0.4, 0.5) is 0 Å². The average Bonchev–Trinajstić information content (AvgIpc) is 3.06. The van der Waals surface area contributed by atoms with Crippen LogP contribution in [0.15, 0.2) is 29.4 Å². The minimum atomic E-state index is -0.356. The Morgan fingerprint density at radius 3 is 2.86 bits per heavy atom. The Labute approximate surface area is 175 Å². The Bertz CT molecular complexity index is 865. The number of nitrogens with zero attached hydrogens (tertiary/aromatic N) is 3. The van der Waals surface area contributed by atoms with E-state index in [-0.39, 0.29) is 30.0 Å². The molecule has 0 spiro atoms. The molecule has 2 aromatic rings. The van der Waals surface area contributed by atoms with Crippen LogP contribution in [-0.2, 0) is 29.0 Å². The van der Waals surface area contributed by atoms with Gasteiger partial charge in [0.15, 0.2) is 5.16 Å². The van der Waals surface area contributed by atoms with Crippen LogP contribution in [0.5, 0.6) is 0 Å². The molecule has 1 atom stereocenters. The molecule has 1 aliphatic rings. The summed E-state index contributed by atoms with van der Waals surface area (Å²) in [5.74, 6) is 1.05. The molecule has 0 bridgehead atoms. The third kappa shape index (κ3) is 5.82. The quantitative estimate of drug-likeness (QED) is 0.613. The van der Waals surface area contributed by atoms with E-state index in [0.717, 1.165) is 31.6 Å². The highest BCUT2D eigenvalue weighted by Gasteiger charge is 2.22. The predicted molar refractivity (Wildman–Crippen MR) is 113 cm³/mol. The standard InChI is InChI=1S/C21H29N5O2S/c1-14(2)12-26-19(11-10-18(22)27)24-25-21(26)29-13-20(28)23-17-9-5-7-15-6-3-4-8-16(15)17/h3-4,6,8,14,17H,5,7,9-13H2,1-2H3,(H2,22,27)(H,23,28)/t17-/m0/s1. The molecule has 1 aromatic carbocycles. The number of nitrogens with two attached hydrogens (primary N) is 1. The highest BCUT2D eigenvalue weighted by Crippen LogP contribution is 2.29. The SMILES string of the molecule is CC(C)Cn1c(CCC(N)=O)nnc1SCC(=O)N[C@H]1CCCc2ccccc21. The summed E-state index contributed by atoms with van der Waals surface area (Å²) in [6.45, 7) is 4.96. The van der Waals surface area contributed by atoms with Crippen molar-refractivity contribution in [2.24, 2.45) is 11.7 Å². The molecule has 8 heteroatoms. The minimum Gasteiger partial charge on any atom is -0.370 e. The third-order valence-corrected chi connectivity index (χ3v) is 5.94. The van der Waals surface area contributed by atoms with E-state index < -0.39 is 0 Å². The van der Waals surface area contributed by atoms with Crippen molar-refractivity contribution >= 4 is 23.6 Å². The number of hydrogen-bond donors (Lipinski definition) is 2. The van der Waals surface area contributed by atoms with Gasteiger partial charge < -0.3 is 15.6 Å². The first-order chi connectivity index (χ1) is 13.9. The summed E-state index contributed by atoms with van der Waals surface area (Å²) in [6, 6.07) is 8.41. The number of aromatic nitrogens is 3. The first kappa shape index (κ1) is 21.4. The van der Waals surface area contributed by atoms with Gasteiger partial charge in [0.1, 0.15) is 5.82 Å². The van der Waals surface area contributed by atoms with Crippen LogP contribution in [0, 0.1) is 5.92 Å². The smallest absolute Gasteiger partial charge is 0.230 e. The van der Waals surface area contributed by atoms with Gasteiger partial charge in [0, 0.05) is 19.4 Å². The van der Waals surface area contributed by atoms with E-state index in [9.17, 15) is 9.59 Å². The zero-order valence-electron chi connectivity index (χ0n) is 17.1. The molecule has 29 heavy (non-hydrogen) atoms. The van der Waals surface area contributed by atoms with E-state index in [1.54, 1.807) is 0 Å². The van der Waals surface area contributed by atoms with E-state index >= 15 is 0 Å². The van der Waals surface area contributed by atoms with Crippen LogP contribution < -0.4 is 11.1 Å².